The first-order valence-electron chi connectivity index (χ1n) is 9.26. The van der Waals surface area contributed by atoms with E-state index in [9.17, 15) is 9.90 Å². The maximum atomic E-state index is 10.7. The summed E-state index contributed by atoms with van der Waals surface area (Å²) in [6.45, 7) is 8.06. The van der Waals surface area contributed by atoms with Gasteiger partial charge in [0, 0.05) is 23.6 Å². The molecule has 0 aliphatic carbocycles. The fourth-order valence-corrected chi connectivity index (χ4v) is 3.31. The van der Waals surface area contributed by atoms with Gasteiger partial charge in [-0.25, -0.2) is 0 Å². The number of hydrogen-bond acceptors (Lipinski definition) is 4. The molecule has 0 saturated heterocycles. The van der Waals surface area contributed by atoms with Crippen LogP contribution in [-0.4, -0.2) is 29.7 Å². The van der Waals surface area contributed by atoms with Crippen molar-refractivity contribution in [3.05, 3.63) is 62.6 Å². The van der Waals surface area contributed by atoms with Crippen molar-refractivity contribution in [2.75, 3.05) is 7.11 Å². The van der Waals surface area contributed by atoms with Crippen molar-refractivity contribution in [3.8, 4) is 5.75 Å². The molecule has 4 N–H and O–H groups in total. The molecular formula is C22H31Cl2NO3. The maximum absolute atomic E-state index is 10.7. The van der Waals surface area contributed by atoms with Crippen molar-refractivity contribution < 1.29 is 15.0 Å². The lowest BCUT2D eigenvalue weighted by molar-refractivity contribution is -0.108. The molecule has 2 rings (SSSR count). The van der Waals surface area contributed by atoms with Crippen LogP contribution in [0.2, 0.25) is 10.0 Å². The Morgan fingerprint density at radius 2 is 1.57 bits per heavy atom. The quantitative estimate of drug-likeness (QED) is 0.558. The Morgan fingerprint density at radius 1 is 1.04 bits per heavy atom. The smallest absolute Gasteiger partial charge is 0.137 e. The van der Waals surface area contributed by atoms with E-state index >= 15 is 0 Å². The number of rotatable bonds is 6. The number of hydrogen-bond donors (Lipinski definition) is 3. The predicted octanol–water partition coefficient (Wildman–Crippen LogP) is 5.12. The fraction of sp³-hybridized carbons (Fsp3) is 0.409. The van der Waals surface area contributed by atoms with E-state index in [1.54, 1.807) is 18.2 Å². The second-order valence-corrected chi connectivity index (χ2v) is 7.08. The second kappa shape index (κ2) is 13.6. The van der Waals surface area contributed by atoms with Gasteiger partial charge < -0.3 is 20.7 Å². The monoisotopic (exact) mass is 427 g/mol. The third-order valence-electron chi connectivity index (χ3n) is 3.94. The van der Waals surface area contributed by atoms with Crippen LogP contribution < -0.4 is 5.73 Å². The summed E-state index contributed by atoms with van der Waals surface area (Å²) in [6, 6.07) is 8.58. The fourth-order valence-electron chi connectivity index (χ4n) is 2.64. The summed E-state index contributed by atoms with van der Waals surface area (Å²) in [6.07, 6.45) is 1.68. The Balaban J connectivity index is 0.00000171. The number of aliphatic hydroxyl groups is 1. The van der Waals surface area contributed by atoms with Crippen LogP contribution in [0.15, 0.2) is 30.3 Å². The van der Waals surface area contributed by atoms with Crippen LogP contribution in [0, 0.1) is 0 Å². The van der Waals surface area contributed by atoms with Gasteiger partial charge in [0.1, 0.15) is 12.0 Å². The number of carbonyl (C=O) groups excluding carboxylic acids is 1. The van der Waals surface area contributed by atoms with Gasteiger partial charge in [-0.05, 0) is 52.8 Å². The average Bonchev–Trinajstić information content (AvgIpc) is 2.68. The molecule has 0 bridgehead atoms. The van der Waals surface area contributed by atoms with Gasteiger partial charge in [-0.2, -0.15) is 0 Å². The Labute approximate surface area is 178 Å². The first-order chi connectivity index (χ1) is 13.3. The Hall–Kier alpha value is -1.59. The van der Waals surface area contributed by atoms with Gasteiger partial charge in [0.25, 0.3) is 0 Å². The number of benzene rings is 2. The van der Waals surface area contributed by atoms with E-state index in [-0.39, 0.29) is 5.92 Å². The second-order valence-electron chi connectivity index (χ2n) is 6.27. The zero-order valence-corrected chi connectivity index (χ0v) is 18.7. The first-order valence-corrected chi connectivity index (χ1v) is 10.0. The predicted molar refractivity (Wildman–Crippen MR) is 119 cm³/mol. The van der Waals surface area contributed by atoms with Crippen LogP contribution in [0.5, 0.6) is 5.75 Å². The zero-order chi connectivity index (χ0) is 21.9. The molecule has 0 heterocycles. The molecular weight excluding hydrogens is 397 g/mol. The van der Waals surface area contributed by atoms with Crippen LogP contribution in [0.4, 0.5) is 0 Å². The molecule has 1 unspecified atom stereocenters. The maximum Gasteiger partial charge on any atom is 0.137 e. The van der Waals surface area contributed by atoms with Gasteiger partial charge >= 0.3 is 0 Å². The summed E-state index contributed by atoms with van der Waals surface area (Å²) in [5.74, 6) is 0.521. The van der Waals surface area contributed by atoms with Crippen molar-refractivity contribution >= 4 is 29.5 Å². The van der Waals surface area contributed by atoms with Crippen LogP contribution in [-0.2, 0) is 17.6 Å². The van der Waals surface area contributed by atoms with E-state index in [1.807, 2.05) is 39.8 Å². The number of nitrogens with two attached hydrogens (primary N) is 1. The molecule has 0 aliphatic heterocycles. The highest BCUT2D eigenvalue weighted by molar-refractivity contribution is 6.36. The molecule has 28 heavy (non-hydrogen) atoms. The SMILES string of the molecule is CC.CC(C)c1cc(Cc2c(Cl)cc(CC(N)C=O)cc2Cl)ccc1O.CO. The molecule has 0 aliphatic rings. The highest BCUT2D eigenvalue weighted by atomic mass is 35.5. The molecule has 0 fully saturated rings. The number of aromatic hydroxyl groups is 1. The van der Waals surface area contributed by atoms with Crippen molar-refractivity contribution in [2.45, 2.75) is 52.5 Å². The summed E-state index contributed by atoms with van der Waals surface area (Å²) in [7, 11) is 1.00. The normalized spacial score (nSPS) is 11.1. The van der Waals surface area contributed by atoms with E-state index in [2.05, 4.69) is 0 Å². The topological polar surface area (TPSA) is 83.6 Å². The average molecular weight is 428 g/mol. The largest absolute Gasteiger partial charge is 0.508 e. The van der Waals surface area contributed by atoms with Crippen LogP contribution in [0.3, 0.4) is 0 Å². The van der Waals surface area contributed by atoms with Gasteiger partial charge in [-0.1, -0.05) is 63.0 Å². The minimum Gasteiger partial charge on any atom is -0.508 e. The lowest BCUT2D eigenvalue weighted by Crippen LogP contribution is -2.24. The number of aldehydes is 1. The number of phenols is 1. The van der Waals surface area contributed by atoms with Gasteiger partial charge in [-0.3, -0.25) is 0 Å². The van der Waals surface area contributed by atoms with E-state index in [0.29, 0.717) is 34.9 Å². The molecule has 0 radical (unpaired) electrons. The third kappa shape index (κ3) is 7.80. The highest BCUT2D eigenvalue weighted by Gasteiger charge is 2.13. The standard InChI is InChI=1S/C19H21Cl2NO2.C2H6.CH4O/c1-11(2)15-6-12(3-4-19(15)24)7-16-17(20)8-13(9-18(16)21)5-14(22)10-23;2*1-2/h3-4,6,8-11,14,24H,5,7,22H2,1-2H3;1-2H3;2H,1H3. The van der Waals surface area contributed by atoms with Crippen LogP contribution in [0.25, 0.3) is 0 Å². The van der Waals surface area contributed by atoms with E-state index in [4.69, 9.17) is 34.0 Å². The van der Waals surface area contributed by atoms with E-state index in [0.717, 1.165) is 29.4 Å². The van der Waals surface area contributed by atoms with Crippen molar-refractivity contribution in [3.63, 3.8) is 0 Å². The van der Waals surface area contributed by atoms with Crippen molar-refractivity contribution in [1.82, 2.24) is 0 Å². The summed E-state index contributed by atoms with van der Waals surface area (Å²) in [5.41, 5.74) is 9.23. The summed E-state index contributed by atoms with van der Waals surface area (Å²) in [5, 5.41) is 18.0. The van der Waals surface area contributed by atoms with Crippen molar-refractivity contribution in [1.29, 1.82) is 0 Å². The van der Waals surface area contributed by atoms with Gasteiger partial charge in [0.2, 0.25) is 0 Å². The molecule has 2 aromatic rings. The van der Waals surface area contributed by atoms with Gasteiger partial charge in [0.05, 0.1) is 6.04 Å². The minimum absolute atomic E-state index is 0.225. The number of halogens is 2. The third-order valence-corrected chi connectivity index (χ3v) is 4.62. The number of aliphatic hydroxyl groups excluding tert-OH is 1. The molecule has 4 nitrogen and oxygen atoms in total. The molecule has 2 aromatic carbocycles. The molecule has 0 saturated carbocycles. The molecule has 156 valence electrons. The Morgan fingerprint density at radius 3 is 2.04 bits per heavy atom. The lowest BCUT2D eigenvalue weighted by atomic mass is 9.96. The van der Waals surface area contributed by atoms with Crippen LogP contribution in [0.1, 0.15) is 55.9 Å². The number of carbonyl (C=O) groups is 1. The molecule has 0 spiro atoms. The van der Waals surface area contributed by atoms with E-state index < -0.39 is 6.04 Å². The summed E-state index contributed by atoms with van der Waals surface area (Å²) < 4.78 is 0. The Bertz CT molecular complexity index is 726. The first kappa shape index (κ1) is 26.4. The van der Waals surface area contributed by atoms with Crippen LogP contribution >= 0.6 is 23.2 Å². The Kier molecular flexibility index (Phi) is 12.8. The van der Waals surface area contributed by atoms with Gasteiger partial charge in [-0.15, -0.1) is 0 Å². The molecule has 1 atom stereocenters. The number of phenolic OH excluding ortho intramolecular Hbond substituents is 1. The summed E-state index contributed by atoms with van der Waals surface area (Å²) >= 11 is 12.8. The lowest BCUT2D eigenvalue weighted by Gasteiger charge is -2.14. The highest BCUT2D eigenvalue weighted by Crippen LogP contribution is 2.32. The molecule has 0 aromatic heterocycles. The van der Waals surface area contributed by atoms with E-state index in [1.165, 1.54) is 0 Å². The minimum atomic E-state index is -0.561. The zero-order valence-electron chi connectivity index (χ0n) is 17.2. The van der Waals surface area contributed by atoms with Crippen molar-refractivity contribution in [2.24, 2.45) is 5.73 Å². The molecule has 6 heteroatoms. The van der Waals surface area contributed by atoms with Gasteiger partial charge in [0.15, 0.2) is 0 Å². The molecule has 0 amide bonds. The summed E-state index contributed by atoms with van der Waals surface area (Å²) in [4.78, 5) is 10.7.